The van der Waals surface area contributed by atoms with Crippen molar-refractivity contribution in [3.05, 3.63) is 42.9 Å². The lowest BCUT2D eigenvalue weighted by Gasteiger charge is -2.33. The van der Waals surface area contributed by atoms with Crippen LogP contribution < -0.4 is 15.1 Å². The van der Waals surface area contributed by atoms with E-state index < -0.39 is 0 Å². The minimum absolute atomic E-state index is 0.0110. The molecule has 5 rings (SSSR count). The first kappa shape index (κ1) is 21.3. The predicted molar refractivity (Wildman–Crippen MR) is 125 cm³/mol. The van der Waals surface area contributed by atoms with E-state index in [1.54, 1.807) is 6.26 Å². The second-order valence-corrected chi connectivity index (χ2v) is 8.56. The molecule has 0 atom stereocenters. The van der Waals surface area contributed by atoms with E-state index in [-0.39, 0.29) is 11.8 Å². The number of hydrogen-bond acceptors (Lipinski definition) is 9. The summed E-state index contributed by atoms with van der Waals surface area (Å²) in [6.45, 7) is 5.35. The highest BCUT2D eigenvalue weighted by Gasteiger charge is 2.26. The van der Waals surface area contributed by atoms with E-state index >= 15 is 0 Å². The first-order chi connectivity index (χ1) is 16.2. The van der Waals surface area contributed by atoms with Gasteiger partial charge in [0.25, 0.3) is 0 Å². The summed E-state index contributed by atoms with van der Waals surface area (Å²) < 4.78 is 5.37. The lowest BCUT2D eigenvalue weighted by molar-refractivity contribution is -0.120. The van der Waals surface area contributed by atoms with Gasteiger partial charge in [-0.3, -0.25) is 4.79 Å². The van der Waals surface area contributed by atoms with Crippen LogP contribution in [0.15, 0.2) is 47.3 Å². The van der Waals surface area contributed by atoms with Crippen LogP contribution in [0.2, 0.25) is 0 Å². The summed E-state index contributed by atoms with van der Waals surface area (Å²) >= 11 is 0. The lowest BCUT2D eigenvalue weighted by atomic mass is 9.96. The van der Waals surface area contributed by atoms with Crippen LogP contribution in [0.25, 0.3) is 11.5 Å². The van der Waals surface area contributed by atoms with Gasteiger partial charge in [-0.25, -0.2) is 9.97 Å². The van der Waals surface area contributed by atoms with Crippen LogP contribution in [0.3, 0.4) is 0 Å². The Balaban J connectivity index is 1.15. The number of piperazine rings is 1. The molecular weight excluding hydrogens is 420 g/mol. The second-order valence-electron chi connectivity index (χ2n) is 8.56. The van der Waals surface area contributed by atoms with Crippen LogP contribution in [0.5, 0.6) is 0 Å². The van der Waals surface area contributed by atoms with Crippen molar-refractivity contribution in [1.82, 2.24) is 25.1 Å². The van der Waals surface area contributed by atoms with Crippen LogP contribution in [0, 0.1) is 5.92 Å². The summed E-state index contributed by atoms with van der Waals surface area (Å²) in [6, 6.07) is 9.42. The Labute approximate surface area is 192 Å². The van der Waals surface area contributed by atoms with Crippen molar-refractivity contribution in [2.45, 2.75) is 12.8 Å². The summed E-state index contributed by atoms with van der Waals surface area (Å²) in [5.41, 5.74) is 0.707. The first-order valence-electron chi connectivity index (χ1n) is 11.3. The molecule has 0 bridgehead atoms. The highest BCUT2D eigenvalue weighted by Crippen LogP contribution is 2.25. The topological polar surface area (TPSA) is 104 Å². The summed E-state index contributed by atoms with van der Waals surface area (Å²) in [7, 11) is 2.12. The van der Waals surface area contributed by atoms with E-state index in [0.717, 1.165) is 63.7 Å². The van der Waals surface area contributed by atoms with Gasteiger partial charge in [0.2, 0.25) is 5.91 Å². The quantitative estimate of drug-likeness (QED) is 0.629. The molecule has 2 aliphatic heterocycles. The smallest absolute Gasteiger partial charge is 0.228 e. The molecule has 0 spiro atoms. The van der Waals surface area contributed by atoms with E-state index in [1.165, 1.54) is 6.33 Å². The van der Waals surface area contributed by atoms with E-state index in [0.29, 0.717) is 17.3 Å². The van der Waals surface area contributed by atoms with Crippen LogP contribution >= 0.6 is 0 Å². The van der Waals surface area contributed by atoms with E-state index in [4.69, 9.17) is 4.42 Å². The van der Waals surface area contributed by atoms with Crippen molar-refractivity contribution in [3.8, 4) is 11.5 Å². The highest BCUT2D eigenvalue weighted by molar-refractivity contribution is 5.92. The third kappa shape index (κ3) is 4.95. The Morgan fingerprint density at radius 2 is 1.76 bits per heavy atom. The number of nitrogens with zero attached hydrogens (tertiary/aromatic N) is 7. The molecule has 2 fully saturated rings. The number of nitrogens with one attached hydrogen (secondary N) is 1. The molecule has 0 unspecified atom stereocenters. The maximum Gasteiger partial charge on any atom is 0.228 e. The van der Waals surface area contributed by atoms with Crippen molar-refractivity contribution in [1.29, 1.82) is 0 Å². The number of furan rings is 1. The van der Waals surface area contributed by atoms with Crippen molar-refractivity contribution in [3.63, 3.8) is 0 Å². The molecule has 0 aromatic carbocycles. The third-order valence-electron chi connectivity index (χ3n) is 6.35. The summed E-state index contributed by atoms with van der Waals surface area (Å²) in [4.78, 5) is 28.2. The van der Waals surface area contributed by atoms with Gasteiger partial charge in [-0.15, -0.1) is 10.2 Å². The van der Waals surface area contributed by atoms with Crippen LogP contribution in [0.4, 0.5) is 17.5 Å². The molecule has 33 heavy (non-hydrogen) atoms. The minimum Gasteiger partial charge on any atom is -0.463 e. The fourth-order valence-corrected chi connectivity index (χ4v) is 4.27. The number of amides is 1. The van der Waals surface area contributed by atoms with Gasteiger partial charge in [0.05, 0.1) is 6.26 Å². The zero-order valence-electron chi connectivity index (χ0n) is 18.7. The number of carbonyl (C=O) groups excluding carboxylic acids is 1. The highest BCUT2D eigenvalue weighted by atomic mass is 16.3. The Morgan fingerprint density at radius 1 is 0.970 bits per heavy atom. The molecule has 1 N–H and O–H groups in total. The van der Waals surface area contributed by atoms with Gasteiger partial charge >= 0.3 is 0 Å². The predicted octanol–water partition coefficient (Wildman–Crippen LogP) is 2.13. The summed E-state index contributed by atoms with van der Waals surface area (Å²) in [5.74, 6) is 2.89. The van der Waals surface area contributed by atoms with Gasteiger partial charge < -0.3 is 24.4 Å². The van der Waals surface area contributed by atoms with Crippen molar-refractivity contribution in [2.24, 2.45) is 5.92 Å². The molecular formula is C23H28N8O2. The number of piperidine rings is 1. The van der Waals surface area contributed by atoms with Crippen LogP contribution in [-0.2, 0) is 4.79 Å². The Kier molecular flexibility index (Phi) is 6.16. The molecule has 1 amide bonds. The summed E-state index contributed by atoms with van der Waals surface area (Å²) in [6.07, 6.45) is 4.65. The van der Waals surface area contributed by atoms with Gasteiger partial charge in [0.1, 0.15) is 23.7 Å². The second kappa shape index (κ2) is 9.53. The van der Waals surface area contributed by atoms with Crippen molar-refractivity contribution < 1.29 is 9.21 Å². The van der Waals surface area contributed by atoms with E-state index in [9.17, 15) is 4.79 Å². The molecule has 3 aromatic heterocycles. The summed E-state index contributed by atoms with van der Waals surface area (Å²) in [5, 5.41) is 11.6. The van der Waals surface area contributed by atoms with Crippen molar-refractivity contribution >= 4 is 23.4 Å². The molecule has 172 valence electrons. The fraction of sp³-hybridized carbons (Fsp3) is 0.435. The molecule has 0 aliphatic carbocycles. The normalized spacial score (nSPS) is 17.8. The molecule has 10 heteroatoms. The minimum atomic E-state index is -0.0568. The van der Waals surface area contributed by atoms with Gasteiger partial charge in [-0.2, -0.15) is 0 Å². The average Bonchev–Trinajstić information content (AvgIpc) is 3.40. The molecule has 2 aliphatic rings. The first-order valence-corrected chi connectivity index (χ1v) is 11.3. The van der Waals surface area contributed by atoms with E-state index in [1.807, 2.05) is 30.3 Å². The standard InChI is InChI=1S/C23H28N8O2/c1-29-10-12-31(13-11-29)22-15-20(24-16-25-22)26-23(32)17-6-8-30(9-7-17)21-5-4-18(27-28-21)19-3-2-14-33-19/h2-5,14-17H,6-13H2,1H3,(H,24,25,26,32). The Bertz CT molecular complexity index is 1060. The number of aromatic nitrogens is 4. The average molecular weight is 449 g/mol. The SMILES string of the molecule is CN1CCN(c2cc(NC(=O)C3CCN(c4ccc(-c5ccco5)nn4)CC3)ncn2)CC1. The lowest BCUT2D eigenvalue weighted by Crippen LogP contribution is -2.44. The maximum atomic E-state index is 12.9. The Morgan fingerprint density at radius 3 is 2.45 bits per heavy atom. The van der Waals surface area contributed by atoms with Crippen LogP contribution in [0.1, 0.15) is 12.8 Å². The van der Waals surface area contributed by atoms with Gasteiger partial charge in [-0.05, 0) is 44.2 Å². The fourth-order valence-electron chi connectivity index (χ4n) is 4.27. The molecule has 0 saturated carbocycles. The molecule has 2 saturated heterocycles. The van der Waals surface area contributed by atoms with Crippen molar-refractivity contribution in [2.75, 3.05) is 61.4 Å². The maximum absolute atomic E-state index is 12.9. The number of likely N-dealkylation sites (N-methyl/N-ethyl adjacent to an activating group) is 1. The largest absolute Gasteiger partial charge is 0.463 e. The van der Waals surface area contributed by atoms with Gasteiger partial charge in [0, 0.05) is 51.3 Å². The zero-order valence-corrected chi connectivity index (χ0v) is 18.7. The van der Waals surface area contributed by atoms with Gasteiger partial charge in [-0.1, -0.05) is 0 Å². The van der Waals surface area contributed by atoms with E-state index in [2.05, 4.69) is 47.2 Å². The molecule has 0 radical (unpaired) electrons. The zero-order chi connectivity index (χ0) is 22.6. The van der Waals surface area contributed by atoms with Crippen LogP contribution in [-0.4, -0.2) is 77.3 Å². The number of hydrogen-bond donors (Lipinski definition) is 1. The third-order valence-corrected chi connectivity index (χ3v) is 6.35. The monoisotopic (exact) mass is 448 g/mol. The number of carbonyl (C=O) groups is 1. The molecule has 5 heterocycles. The van der Waals surface area contributed by atoms with Gasteiger partial charge in [0.15, 0.2) is 11.6 Å². The Hall–Kier alpha value is -3.53. The molecule has 10 nitrogen and oxygen atoms in total. The number of rotatable bonds is 5. The number of anilines is 3. The molecule has 3 aromatic rings.